The maximum Gasteiger partial charge on any atom is 0.196 e. The van der Waals surface area contributed by atoms with Crippen LogP contribution in [-0.2, 0) is 0 Å². The number of pyridine rings is 1. The topological polar surface area (TPSA) is 108 Å². The van der Waals surface area contributed by atoms with Gasteiger partial charge in [0.15, 0.2) is 5.16 Å². The Morgan fingerprint density at radius 1 is 1.29 bits per heavy atom. The molecule has 3 atom stereocenters. The number of rotatable bonds is 6. The molecule has 178 valence electrons. The molecule has 2 fully saturated rings. The molecule has 2 aliphatic rings. The van der Waals surface area contributed by atoms with E-state index >= 15 is 0 Å². The summed E-state index contributed by atoms with van der Waals surface area (Å²) in [7, 11) is 1.78. The molecule has 0 amide bonds. The minimum Gasteiger partial charge on any atom is -0.386 e. The average molecular weight is 489 g/mol. The van der Waals surface area contributed by atoms with Gasteiger partial charge in [-0.15, -0.1) is 0 Å². The van der Waals surface area contributed by atoms with Gasteiger partial charge in [-0.2, -0.15) is 0 Å². The lowest BCUT2D eigenvalue weighted by Crippen LogP contribution is -2.29. The quantitative estimate of drug-likeness (QED) is 0.269. The molecule has 4 N–H and O–H groups in total. The Hall–Kier alpha value is -3.50. The van der Waals surface area contributed by atoms with Crippen molar-refractivity contribution >= 4 is 63.7 Å². The molecule has 4 aromatic rings. The summed E-state index contributed by atoms with van der Waals surface area (Å²) in [5.74, 6) is 1.46. The summed E-state index contributed by atoms with van der Waals surface area (Å²) in [6, 6.07) is 5.22. The second-order valence-electron chi connectivity index (χ2n) is 8.95. The van der Waals surface area contributed by atoms with Crippen LogP contribution in [-0.4, -0.2) is 52.8 Å². The normalized spacial score (nSPS) is 21.3. The first-order valence-corrected chi connectivity index (χ1v) is 12.3. The van der Waals surface area contributed by atoms with Gasteiger partial charge in [-0.25, -0.2) is 14.4 Å². The Morgan fingerprint density at radius 3 is 2.80 bits per heavy atom. The smallest absolute Gasteiger partial charge is 0.196 e. The minimum absolute atomic E-state index is 0.264. The monoisotopic (exact) mass is 488 g/mol. The maximum atomic E-state index is 14.5. The molecule has 1 aliphatic heterocycles. The molecule has 3 aromatic heterocycles. The van der Waals surface area contributed by atoms with Crippen molar-refractivity contribution in [3.8, 4) is 0 Å². The van der Waals surface area contributed by atoms with E-state index in [0.717, 1.165) is 45.8 Å². The third kappa shape index (κ3) is 3.64. The van der Waals surface area contributed by atoms with E-state index in [1.54, 1.807) is 19.3 Å². The molecule has 0 spiro atoms. The average Bonchev–Trinajstić information content (AvgIpc) is 3.20. The molecule has 1 aromatic carbocycles. The van der Waals surface area contributed by atoms with Crippen LogP contribution in [0.4, 0.5) is 21.6 Å². The third-order valence-electron chi connectivity index (χ3n) is 6.89. The molecule has 1 unspecified atom stereocenters. The number of benzene rings is 1. The maximum absolute atomic E-state index is 14.5. The number of H-pyrrole nitrogens is 1. The van der Waals surface area contributed by atoms with Gasteiger partial charge in [-0.1, -0.05) is 6.08 Å². The highest BCUT2D eigenvalue weighted by molar-refractivity contribution is 7.99. The summed E-state index contributed by atoms with van der Waals surface area (Å²) in [5, 5.41) is 5.24. The van der Waals surface area contributed by atoms with Crippen molar-refractivity contribution < 1.29 is 4.39 Å². The lowest BCUT2D eigenvalue weighted by atomic mass is 10.1. The Bertz CT molecular complexity index is 1500. The summed E-state index contributed by atoms with van der Waals surface area (Å²) in [6.07, 6.45) is 5.59. The van der Waals surface area contributed by atoms with Gasteiger partial charge in [0.05, 0.1) is 28.0 Å². The van der Waals surface area contributed by atoms with Crippen LogP contribution >= 0.6 is 11.8 Å². The van der Waals surface area contributed by atoms with Crippen LogP contribution in [0.25, 0.3) is 28.0 Å². The van der Waals surface area contributed by atoms with Crippen molar-refractivity contribution in [1.29, 1.82) is 0 Å². The van der Waals surface area contributed by atoms with E-state index in [9.17, 15) is 4.39 Å². The fourth-order valence-corrected chi connectivity index (χ4v) is 5.82. The van der Waals surface area contributed by atoms with Crippen molar-refractivity contribution in [3.05, 3.63) is 42.0 Å². The first kappa shape index (κ1) is 22.0. The number of nitrogens with zero attached hydrogens (tertiary/aromatic N) is 5. The minimum atomic E-state index is -0.310. The number of hydrogen-bond donors (Lipinski definition) is 3. The number of anilines is 2. The van der Waals surface area contributed by atoms with Crippen LogP contribution in [0.2, 0.25) is 0 Å². The number of allylic oxidation sites excluding steroid dienone is 1. The van der Waals surface area contributed by atoms with E-state index in [2.05, 4.69) is 31.9 Å². The lowest BCUT2D eigenvalue weighted by Gasteiger charge is -2.21. The Labute approximate surface area is 206 Å². The fourth-order valence-electron chi connectivity index (χ4n) is 5.06. The van der Waals surface area contributed by atoms with Gasteiger partial charge in [-0.3, -0.25) is 9.98 Å². The summed E-state index contributed by atoms with van der Waals surface area (Å²) in [5.41, 5.74) is 9.79. The lowest BCUT2D eigenvalue weighted by molar-refractivity contribution is 0.630. The van der Waals surface area contributed by atoms with Crippen LogP contribution < -0.4 is 16.0 Å². The van der Waals surface area contributed by atoms with Crippen molar-refractivity contribution in [1.82, 2.24) is 19.9 Å². The van der Waals surface area contributed by atoms with E-state index in [-0.39, 0.29) is 11.9 Å². The van der Waals surface area contributed by atoms with Gasteiger partial charge in [0.2, 0.25) is 0 Å². The molecular weight excluding hydrogens is 463 g/mol. The predicted molar refractivity (Wildman–Crippen MR) is 140 cm³/mol. The van der Waals surface area contributed by atoms with E-state index in [4.69, 9.17) is 15.7 Å². The zero-order valence-electron chi connectivity index (χ0n) is 19.4. The summed E-state index contributed by atoms with van der Waals surface area (Å²) in [6.45, 7) is 7.29. The SMILES string of the molecule is C=Nc1cc(Sc2nc(N3C[C@@H]4C(N)[C@@H]4C3)c3c(n2)[nH]c2c(NC)cc(F)cc23)cnc1/C=C\C. The second-order valence-corrected chi connectivity index (χ2v) is 9.99. The number of halogens is 1. The molecule has 35 heavy (non-hydrogen) atoms. The molecule has 4 heterocycles. The van der Waals surface area contributed by atoms with Gasteiger partial charge in [0.25, 0.3) is 0 Å². The molecule has 10 heteroatoms. The number of aromatic nitrogens is 4. The highest BCUT2D eigenvalue weighted by Gasteiger charge is 2.54. The number of piperidine rings is 1. The molecule has 1 saturated heterocycles. The van der Waals surface area contributed by atoms with Crippen molar-refractivity contribution in [2.24, 2.45) is 22.6 Å². The first-order valence-electron chi connectivity index (χ1n) is 11.5. The summed E-state index contributed by atoms with van der Waals surface area (Å²) >= 11 is 1.41. The van der Waals surface area contributed by atoms with Gasteiger partial charge >= 0.3 is 0 Å². The Morgan fingerprint density at radius 2 is 2.09 bits per heavy atom. The van der Waals surface area contributed by atoms with E-state index in [1.807, 2.05) is 25.1 Å². The van der Waals surface area contributed by atoms with E-state index in [1.165, 1.54) is 17.8 Å². The predicted octanol–water partition coefficient (Wildman–Crippen LogP) is 4.60. The van der Waals surface area contributed by atoms with Crippen LogP contribution in [0.3, 0.4) is 0 Å². The molecule has 1 aliphatic carbocycles. The molecular formula is C25H25FN8S. The second kappa shape index (κ2) is 8.31. The summed E-state index contributed by atoms with van der Waals surface area (Å²) < 4.78 is 14.5. The highest BCUT2D eigenvalue weighted by Crippen LogP contribution is 2.47. The van der Waals surface area contributed by atoms with Crippen LogP contribution in [0.5, 0.6) is 0 Å². The third-order valence-corrected chi connectivity index (χ3v) is 7.71. The Kier molecular flexibility index (Phi) is 5.23. The van der Waals surface area contributed by atoms with E-state index < -0.39 is 0 Å². The Balaban J connectivity index is 1.48. The zero-order chi connectivity index (χ0) is 24.3. The summed E-state index contributed by atoms with van der Waals surface area (Å²) in [4.78, 5) is 24.9. The van der Waals surface area contributed by atoms with Crippen molar-refractivity contribution in [2.45, 2.75) is 23.0 Å². The number of hydrogen-bond acceptors (Lipinski definition) is 8. The molecule has 0 radical (unpaired) electrons. The first-order chi connectivity index (χ1) is 17.0. The van der Waals surface area contributed by atoms with Crippen molar-refractivity contribution in [3.63, 3.8) is 0 Å². The standard InChI is InChI=1S/C25H25FN8S/c1-4-5-17-18(28-2)8-13(9-30-17)35-25-32-23-20(14-6-12(26)7-19(29-3)22(14)31-23)24(33-25)34-10-15-16(11-34)21(15)27/h4-9,15-16,21,29H,2,10-11,27H2,1,3H3,(H,31,32,33)/b5-4-/t15-,16+,21?. The van der Waals surface area contributed by atoms with Crippen molar-refractivity contribution in [2.75, 3.05) is 30.4 Å². The highest BCUT2D eigenvalue weighted by atomic mass is 32.2. The number of aliphatic imine (C=N–C) groups is 1. The zero-order valence-corrected chi connectivity index (χ0v) is 20.2. The van der Waals surface area contributed by atoms with E-state index in [0.29, 0.717) is 34.0 Å². The number of fused-ring (bicyclic) bond motifs is 4. The number of nitrogens with one attached hydrogen (secondary N) is 2. The van der Waals surface area contributed by atoms with Gasteiger partial charge in [0.1, 0.15) is 17.3 Å². The van der Waals surface area contributed by atoms with Gasteiger partial charge in [-0.05, 0) is 61.5 Å². The van der Waals surface area contributed by atoms with Crippen LogP contribution in [0.1, 0.15) is 12.6 Å². The largest absolute Gasteiger partial charge is 0.386 e. The number of nitrogens with two attached hydrogens (primary N) is 1. The van der Waals surface area contributed by atoms with Gasteiger partial charge < -0.3 is 20.9 Å². The van der Waals surface area contributed by atoms with Gasteiger partial charge in [0, 0.05) is 42.7 Å². The van der Waals surface area contributed by atoms with Crippen LogP contribution in [0.15, 0.2) is 45.5 Å². The fraction of sp³-hybridized carbons (Fsp3) is 0.280. The van der Waals surface area contributed by atoms with Crippen LogP contribution in [0, 0.1) is 17.7 Å². The molecule has 6 rings (SSSR count). The molecule has 0 bridgehead atoms. The molecule has 8 nitrogen and oxygen atoms in total. The number of aromatic amines is 1. The molecule has 1 saturated carbocycles.